The second kappa shape index (κ2) is 7.56. The molecule has 10 heteroatoms. The topological polar surface area (TPSA) is 96.5 Å². The van der Waals surface area contributed by atoms with Crippen LogP contribution >= 0.6 is 34.4 Å². The third kappa shape index (κ3) is 2.85. The summed E-state index contributed by atoms with van der Waals surface area (Å²) >= 11 is 4.66. The fraction of sp³-hybridized carbons (Fsp3) is 0.545. The molecular formula is C22H22N2O5S3. The molecule has 2 aliphatic heterocycles. The highest BCUT2D eigenvalue weighted by atomic mass is 32.2. The Morgan fingerprint density at radius 3 is 2.72 bits per heavy atom. The van der Waals surface area contributed by atoms with Crippen molar-refractivity contribution in [2.24, 2.45) is 29.6 Å². The van der Waals surface area contributed by atoms with Crippen LogP contribution in [0.15, 0.2) is 27.3 Å². The number of nitrogens with one attached hydrogen (secondary N) is 1. The van der Waals surface area contributed by atoms with Gasteiger partial charge >= 0.3 is 10.8 Å². The van der Waals surface area contributed by atoms with Gasteiger partial charge in [-0.1, -0.05) is 17.4 Å². The van der Waals surface area contributed by atoms with E-state index in [1.807, 2.05) is 6.07 Å². The minimum Gasteiger partial charge on any atom is -0.466 e. The zero-order chi connectivity index (χ0) is 22.1. The number of hydrogen-bond acceptors (Lipinski definition) is 8. The lowest BCUT2D eigenvalue weighted by Crippen LogP contribution is -2.42. The first-order valence-corrected chi connectivity index (χ1v) is 13.5. The Morgan fingerprint density at radius 1 is 1.22 bits per heavy atom. The first kappa shape index (κ1) is 20.7. The SMILES string of the molecule is CCOC(=O)CCN1C(=O)[C@@H]2[C@H]3C[C@@H]([C@@H]2C1=O)[C@@H]1[C@H](c2cccs2)c2sc(=O)[nH]c2S[C@@H]31. The summed E-state index contributed by atoms with van der Waals surface area (Å²) < 4.78 is 4.97. The second-order valence-corrected chi connectivity index (χ2v) is 12.0. The predicted molar refractivity (Wildman–Crippen MR) is 121 cm³/mol. The summed E-state index contributed by atoms with van der Waals surface area (Å²) in [5.41, 5.74) is 0. The number of imide groups is 1. The number of thiophene rings is 1. The van der Waals surface area contributed by atoms with E-state index >= 15 is 0 Å². The zero-order valence-electron chi connectivity index (χ0n) is 17.3. The van der Waals surface area contributed by atoms with Crippen LogP contribution in [-0.2, 0) is 19.1 Å². The third-order valence-electron chi connectivity index (χ3n) is 7.51. The van der Waals surface area contributed by atoms with Gasteiger partial charge in [0.05, 0.1) is 29.9 Å². The minimum atomic E-state index is -0.386. The number of aromatic nitrogens is 1. The maximum atomic E-state index is 13.4. The van der Waals surface area contributed by atoms with Crippen LogP contribution in [0.1, 0.15) is 35.4 Å². The van der Waals surface area contributed by atoms with Crippen LogP contribution in [0, 0.1) is 29.6 Å². The molecule has 0 radical (unpaired) electrons. The monoisotopic (exact) mass is 490 g/mol. The number of H-pyrrole nitrogens is 1. The second-order valence-electron chi connectivity index (χ2n) is 8.86. The standard InChI is InChI=1S/C22H22N2O5S3/c1-2-29-12(25)5-6-24-20(26)14-9-8-10(15(14)21(24)27)17-13(9)16(11-4-3-7-30-11)18-19(31-17)23-22(28)32-18/h3-4,7,9-10,13-17H,2,5-6,8H2,1H3,(H,23,28)/t9-,10-,13-,14+,15-,16+,17+/m1/s1. The van der Waals surface area contributed by atoms with Crippen LogP contribution in [0.5, 0.6) is 0 Å². The van der Waals surface area contributed by atoms with Crippen molar-refractivity contribution in [2.75, 3.05) is 13.2 Å². The molecule has 2 aromatic heterocycles. The Morgan fingerprint density at radius 2 is 2.00 bits per heavy atom. The molecule has 2 bridgehead atoms. The van der Waals surface area contributed by atoms with E-state index in [2.05, 4.69) is 16.4 Å². The summed E-state index contributed by atoms with van der Waals surface area (Å²) in [5, 5.41) is 3.19. The molecule has 1 N–H and O–H groups in total. The lowest BCUT2D eigenvalue weighted by atomic mass is 9.69. The van der Waals surface area contributed by atoms with Crippen LogP contribution in [0.4, 0.5) is 0 Å². The Hall–Kier alpha value is -1.91. The van der Waals surface area contributed by atoms with Crippen molar-refractivity contribution < 1.29 is 19.1 Å². The maximum absolute atomic E-state index is 13.4. The molecule has 4 heterocycles. The first-order chi connectivity index (χ1) is 15.5. The van der Waals surface area contributed by atoms with Gasteiger partial charge in [0.25, 0.3) is 0 Å². The third-order valence-corrected chi connectivity index (χ3v) is 11.1. The van der Waals surface area contributed by atoms with Gasteiger partial charge in [0, 0.05) is 27.5 Å². The predicted octanol–water partition coefficient (Wildman–Crippen LogP) is 2.92. The van der Waals surface area contributed by atoms with E-state index in [1.54, 1.807) is 30.0 Å². The van der Waals surface area contributed by atoms with Crippen molar-refractivity contribution in [2.45, 2.75) is 36.0 Å². The zero-order valence-corrected chi connectivity index (χ0v) is 19.8. The van der Waals surface area contributed by atoms with E-state index in [9.17, 15) is 19.2 Å². The summed E-state index contributed by atoms with van der Waals surface area (Å²) in [7, 11) is 0. The molecule has 1 saturated heterocycles. The van der Waals surface area contributed by atoms with Crippen molar-refractivity contribution in [1.82, 2.24) is 9.88 Å². The molecule has 0 unspecified atom stereocenters. The smallest absolute Gasteiger partial charge is 0.307 e. The van der Waals surface area contributed by atoms with Crippen LogP contribution in [0.3, 0.4) is 0 Å². The van der Waals surface area contributed by atoms with E-state index in [0.717, 1.165) is 16.3 Å². The number of rotatable bonds is 5. The van der Waals surface area contributed by atoms with Gasteiger partial charge < -0.3 is 9.72 Å². The molecule has 2 aromatic rings. The van der Waals surface area contributed by atoms with Gasteiger partial charge in [-0.25, -0.2) is 0 Å². The van der Waals surface area contributed by atoms with Crippen LogP contribution < -0.4 is 4.87 Å². The summed E-state index contributed by atoms with van der Waals surface area (Å²) in [4.78, 5) is 57.2. The quantitative estimate of drug-likeness (QED) is 0.511. The highest BCUT2D eigenvalue weighted by Crippen LogP contribution is 2.68. The van der Waals surface area contributed by atoms with E-state index in [0.29, 0.717) is 0 Å². The van der Waals surface area contributed by atoms with Crippen molar-refractivity contribution in [3.63, 3.8) is 0 Å². The van der Waals surface area contributed by atoms with Gasteiger partial charge in [-0.15, -0.1) is 23.1 Å². The number of ether oxygens (including phenoxy) is 1. The lowest BCUT2D eigenvalue weighted by molar-refractivity contribution is -0.145. The fourth-order valence-corrected chi connectivity index (χ4v) is 10.4. The average molecular weight is 491 g/mol. The largest absolute Gasteiger partial charge is 0.466 e. The molecule has 2 saturated carbocycles. The number of carbonyl (C=O) groups is 3. The lowest BCUT2D eigenvalue weighted by Gasteiger charge is -2.42. The number of fused-ring (bicyclic) bond motifs is 9. The summed E-state index contributed by atoms with van der Waals surface area (Å²) in [6.45, 7) is 2.12. The Bertz CT molecular complexity index is 1150. The van der Waals surface area contributed by atoms with Crippen molar-refractivity contribution in [3.8, 4) is 0 Å². The highest BCUT2D eigenvalue weighted by Gasteiger charge is 2.69. The number of aromatic amines is 1. The molecule has 6 rings (SSSR count). The Kier molecular flexibility index (Phi) is 4.89. The molecule has 2 amide bonds. The van der Waals surface area contributed by atoms with Gasteiger partial charge in [0.15, 0.2) is 0 Å². The Labute approximate surface area is 196 Å². The summed E-state index contributed by atoms with van der Waals surface area (Å²) in [6, 6.07) is 4.15. The van der Waals surface area contributed by atoms with Gasteiger partial charge in [0.2, 0.25) is 11.8 Å². The van der Waals surface area contributed by atoms with E-state index in [1.165, 1.54) is 21.1 Å². The molecule has 7 nitrogen and oxygen atoms in total. The molecule has 0 aromatic carbocycles. The van der Waals surface area contributed by atoms with Crippen molar-refractivity contribution in [1.29, 1.82) is 0 Å². The number of thiazole rings is 1. The fourth-order valence-electron chi connectivity index (χ4n) is 6.52. The van der Waals surface area contributed by atoms with E-state index in [4.69, 9.17) is 4.74 Å². The van der Waals surface area contributed by atoms with Gasteiger partial charge in [-0.05, 0) is 42.5 Å². The molecule has 4 aliphatic rings. The van der Waals surface area contributed by atoms with Crippen molar-refractivity contribution in [3.05, 3.63) is 36.9 Å². The number of amides is 2. The molecule has 0 spiro atoms. The number of thioether (sulfide) groups is 1. The van der Waals surface area contributed by atoms with Crippen LogP contribution in [-0.4, -0.2) is 46.1 Å². The number of carbonyl (C=O) groups excluding carboxylic acids is 3. The van der Waals surface area contributed by atoms with Crippen molar-refractivity contribution >= 4 is 52.2 Å². The summed E-state index contributed by atoms with van der Waals surface area (Å²) in [6.07, 6.45) is 0.917. The number of esters is 1. The Balaban J connectivity index is 1.33. The maximum Gasteiger partial charge on any atom is 0.307 e. The summed E-state index contributed by atoms with van der Waals surface area (Å²) in [5.74, 6) is -0.712. The molecule has 32 heavy (non-hydrogen) atoms. The molecule has 168 valence electrons. The number of likely N-dealkylation sites (tertiary alicyclic amines) is 1. The van der Waals surface area contributed by atoms with E-state index < -0.39 is 0 Å². The number of nitrogens with zero attached hydrogens (tertiary/aromatic N) is 1. The van der Waals surface area contributed by atoms with Crippen LogP contribution in [0.25, 0.3) is 0 Å². The highest BCUT2D eigenvalue weighted by molar-refractivity contribution is 8.00. The van der Waals surface area contributed by atoms with Gasteiger partial charge in [-0.2, -0.15) is 0 Å². The normalized spacial score (nSPS) is 34.5. The van der Waals surface area contributed by atoms with Crippen LogP contribution in [0.2, 0.25) is 0 Å². The molecular weight excluding hydrogens is 468 g/mol. The first-order valence-electron chi connectivity index (χ1n) is 10.9. The molecule has 2 aliphatic carbocycles. The van der Waals surface area contributed by atoms with E-state index in [-0.39, 0.29) is 83.0 Å². The van der Waals surface area contributed by atoms with Gasteiger partial charge in [0.1, 0.15) is 0 Å². The van der Waals surface area contributed by atoms with Gasteiger partial charge in [-0.3, -0.25) is 24.1 Å². The molecule has 3 fully saturated rings. The average Bonchev–Trinajstić information content (AvgIpc) is 3.55. The molecule has 7 atom stereocenters. The minimum absolute atomic E-state index is 0.0397. The number of hydrogen-bond donors (Lipinski definition) is 1.